The lowest BCUT2D eigenvalue weighted by Crippen LogP contribution is -2.39. The molecule has 1 aromatic carbocycles. The number of aliphatic carboxylic acids is 1. The lowest BCUT2D eigenvalue weighted by Gasteiger charge is -2.24. The van der Waals surface area contributed by atoms with Crippen LogP contribution in [0.25, 0.3) is 5.69 Å². The van der Waals surface area contributed by atoms with E-state index in [4.69, 9.17) is 5.11 Å². The predicted molar refractivity (Wildman–Crippen MR) is 98.2 cm³/mol. The van der Waals surface area contributed by atoms with Gasteiger partial charge in [0.15, 0.2) is 0 Å². The SMILES string of the molecule is Cc1nn(-c2ccc(F)cc2)c(C)c1CC(=O)N(CC(C)C(=O)O)C1CC1. The normalized spacial score (nSPS) is 14.8. The van der Waals surface area contributed by atoms with E-state index in [-0.39, 0.29) is 30.7 Å². The van der Waals surface area contributed by atoms with Crippen molar-refractivity contribution >= 4 is 11.9 Å². The Kier molecular flexibility index (Phi) is 5.30. The molecule has 7 heteroatoms. The minimum Gasteiger partial charge on any atom is -0.481 e. The summed E-state index contributed by atoms with van der Waals surface area (Å²) in [6, 6.07) is 6.18. The number of nitrogens with zero attached hydrogens (tertiary/aromatic N) is 3. The van der Waals surface area contributed by atoms with Gasteiger partial charge in [0.1, 0.15) is 5.82 Å². The molecule has 1 unspecified atom stereocenters. The molecule has 2 aromatic rings. The van der Waals surface area contributed by atoms with E-state index in [0.29, 0.717) is 0 Å². The molecule has 1 N–H and O–H groups in total. The first-order chi connectivity index (χ1) is 12.8. The summed E-state index contributed by atoms with van der Waals surface area (Å²) in [5.74, 6) is -1.89. The largest absolute Gasteiger partial charge is 0.481 e. The van der Waals surface area contributed by atoms with Crippen molar-refractivity contribution in [1.82, 2.24) is 14.7 Å². The maximum Gasteiger partial charge on any atom is 0.308 e. The summed E-state index contributed by atoms with van der Waals surface area (Å²) in [7, 11) is 0. The number of carbonyl (C=O) groups excluding carboxylic acids is 1. The van der Waals surface area contributed by atoms with Crippen LogP contribution in [0.5, 0.6) is 0 Å². The third-order valence-corrected chi connectivity index (χ3v) is 5.04. The monoisotopic (exact) mass is 373 g/mol. The van der Waals surface area contributed by atoms with Crippen molar-refractivity contribution in [2.45, 2.75) is 46.1 Å². The fourth-order valence-electron chi connectivity index (χ4n) is 3.23. The molecule has 1 aromatic heterocycles. The van der Waals surface area contributed by atoms with E-state index in [1.165, 1.54) is 12.1 Å². The number of carboxylic acids is 1. The van der Waals surface area contributed by atoms with Crippen LogP contribution < -0.4 is 0 Å². The number of aromatic nitrogens is 2. The molecule has 1 aliphatic carbocycles. The molecule has 27 heavy (non-hydrogen) atoms. The number of carboxylic acid groups (broad SMARTS) is 1. The van der Waals surface area contributed by atoms with E-state index in [1.54, 1.807) is 28.6 Å². The molecule has 0 spiro atoms. The second-order valence-electron chi connectivity index (χ2n) is 7.23. The first-order valence-corrected chi connectivity index (χ1v) is 9.11. The van der Waals surface area contributed by atoms with Gasteiger partial charge in [0.2, 0.25) is 5.91 Å². The summed E-state index contributed by atoms with van der Waals surface area (Å²) < 4.78 is 14.9. The Morgan fingerprint density at radius 3 is 2.48 bits per heavy atom. The quantitative estimate of drug-likeness (QED) is 0.810. The highest BCUT2D eigenvalue weighted by molar-refractivity contribution is 5.81. The average Bonchev–Trinajstić information content (AvgIpc) is 3.42. The van der Waals surface area contributed by atoms with Crippen LogP contribution in [0.2, 0.25) is 0 Å². The molecule has 6 nitrogen and oxygen atoms in total. The molecule has 1 fully saturated rings. The molecule has 0 aliphatic heterocycles. The van der Waals surface area contributed by atoms with Gasteiger partial charge in [-0.1, -0.05) is 6.92 Å². The number of carbonyl (C=O) groups is 2. The molecular weight excluding hydrogens is 349 g/mol. The Hall–Kier alpha value is -2.70. The zero-order chi connectivity index (χ0) is 19.7. The fourth-order valence-corrected chi connectivity index (χ4v) is 3.23. The van der Waals surface area contributed by atoms with E-state index < -0.39 is 11.9 Å². The van der Waals surface area contributed by atoms with Crippen molar-refractivity contribution in [2.24, 2.45) is 5.92 Å². The van der Waals surface area contributed by atoms with E-state index in [2.05, 4.69) is 5.10 Å². The summed E-state index contributed by atoms with van der Waals surface area (Å²) in [4.78, 5) is 25.8. The van der Waals surface area contributed by atoms with Crippen LogP contribution in [0.4, 0.5) is 4.39 Å². The first kappa shape index (κ1) is 19.1. The highest BCUT2D eigenvalue weighted by Crippen LogP contribution is 2.29. The van der Waals surface area contributed by atoms with Gasteiger partial charge < -0.3 is 10.0 Å². The van der Waals surface area contributed by atoms with Crippen molar-refractivity contribution in [1.29, 1.82) is 0 Å². The minimum absolute atomic E-state index is 0.0737. The van der Waals surface area contributed by atoms with Gasteiger partial charge in [-0.2, -0.15) is 5.10 Å². The number of halogens is 1. The summed E-state index contributed by atoms with van der Waals surface area (Å²) in [5.41, 5.74) is 3.13. The van der Waals surface area contributed by atoms with Gasteiger partial charge in [0.05, 0.1) is 23.7 Å². The summed E-state index contributed by atoms with van der Waals surface area (Å²) in [5, 5.41) is 13.7. The Labute approximate surface area is 157 Å². The van der Waals surface area contributed by atoms with Crippen LogP contribution in [0.1, 0.15) is 36.7 Å². The van der Waals surface area contributed by atoms with Gasteiger partial charge in [0.25, 0.3) is 0 Å². The molecule has 3 rings (SSSR count). The maximum absolute atomic E-state index is 13.2. The third-order valence-electron chi connectivity index (χ3n) is 5.04. The van der Waals surface area contributed by atoms with Crippen molar-refractivity contribution < 1.29 is 19.1 Å². The highest BCUT2D eigenvalue weighted by Gasteiger charge is 2.35. The summed E-state index contributed by atoms with van der Waals surface area (Å²) >= 11 is 0. The van der Waals surface area contributed by atoms with Gasteiger partial charge >= 0.3 is 5.97 Å². The highest BCUT2D eigenvalue weighted by atomic mass is 19.1. The van der Waals surface area contributed by atoms with Gasteiger partial charge in [-0.3, -0.25) is 9.59 Å². The molecule has 0 radical (unpaired) electrons. The summed E-state index contributed by atoms with van der Waals surface area (Å²) in [6.45, 7) is 5.57. The van der Waals surface area contributed by atoms with Crippen LogP contribution in [0.15, 0.2) is 24.3 Å². The fraction of sp³-hybridized carbons (Fsp3) is 0.450. The van der Waals surface area contributed by atoms with Crippen molar-refractivity contribution in [3.8, 4) is 5.69 Å². The van der Waals surface area contributed by atoms with Crippen molar-refractivity contribution in [2.75, 3.05) is 6.54 Å². The molecule has 0 saturated heterocycles. The molecule has 1 atom stereocenters. The van der Waals surface area contributed by atoms with Crippen LogP contribution >= 0.6 is 0 Å². The lowest BCUT2D eigenvalue weighted by atomic mass is 10.1. The molecule has 144 valence electrons. The zero-order valence-electron chi connectivity index (χ0n) is 15.8. The smallest absolute Gasteiger partial charge is 0.308 e. The molecule has 1 saturated carbocycles. The second-order valence-corrected chi connectivity index (χ2v) is 7.23. The Morgan fingerprint density at radius 2 is 1.93 bits per heavy atom. The van der Waals surface area contributed by atoms with Crippen LogP contribution in [0.3, 0.4) is 0 Å². The van der Waals surface area contributed by atoms with Gasteiger partial charge in [-0.15, -0.1) is 0 Å². The minimum atomic E-state index is -0.898. The Morgan fingerprint density at radius 1 is 1.30 bits per heavy atom. The second kappa shape index (κ2) is 7.50. The molecule has 1 amide bonds. The van der Waals surface area contributed by atoms with Crippen LogP contribution in [-0.2, 0) is 16.0 Å². The zero-order valence-corrected chi connectivity index (χ0v) is 15.8. The standard InChI is InChI=1S/C20H24FN3O3/c1-12(20(26)27)11-23(16-8-9-16)19(25)10-18-13(2)22-24(14(18)3)17-6-4-15(21)5-7-17/h4-7,12,16H,8-11H2,1-3H3,(H,26,27). The molecule has 1 aliphatic rings. The first-order valence-electron chi connectivity index (χ1n) is 9.11. The third kappa shape index (κ3) is 4.18. The Balaban J connectivity index is 1.81. The van der Waals surface area contributed by atoms with Gasteiger partial charge in [0, 0.05) is 23.8 Å². The van der Waals surface area contributed by atoms with E-state index in [0.717, 1.165) is 35.5 Å². The van der Waals surface area contributed by atoms with Crippen molar-refractivity contribution in [3.63, 3.8) is 0 Å². The van der Waals surface area contributed by atoms with Gasteiger partial charge in [-0.25, -0.2) is 9.07 Å². The van der Waals surface area contributed by atoms with E-state index >= 15 is 0 Å². The van der Waals surface area contributed by atoms with Crippen LogP contribution in [-0.4, -0.2) is 44.3 Å². The van der Waals surface area contributed by atoms with Crippen molar-refractivity contribution in [3.05, 3.63) is 47.0 Å². The van der Waals surface area contributed by atoms with E-state index in [9.17, 15) is 14.0 Å². The number of amides is 1. The molecular formula is C20H24FN3O3. The Bertz CT molecular complexity index is 856. The number of hydrogen-bond donors (Lipinski definition) is 1. The molecule has 1 heterocycles. The maximum atomic E-state index is 13.2. The summed E-state index contributed by atoms with van der Waals surface area (Å²) in [6.07, 6.45) is 2.03. The van der Waals surface area contributed by atoms with Gasteiger partial charge in [-0.05, 0) is 51.0 Å². The topological polar surface area (TPSA) is 75.4 Å². The number of benzene rings is 1. The predicted octanol–water partition coefficient (Wildman–Crippen LogP) is 2.88. The average molecular weight is 373 g/mol. The number of aryl methyl sites for hydroxylation is 1. The van der Waals surface area contributed by atoms with E-state index in [1.807, 2.05) is 13.8 Å². The van der Waals surface area contributed by atoms with Crippen LogP contribution in [0, 0.1) is 25.6 Å². The molecule has 0 bridgehead atoms. The number of rotatable bonds is 7. The number of hydrogen-bond acceptors (Lipinski definition) is 3. The lowest BCUT2D eigenvalue weighted by molar-refractivity contribution is -0.143.